The van der Waals surface area contributed by atoms with Crippen LogP contribution in [0.2, 0.25) is 0 Å². The van der Waals surface area contributed by atoms with Crippen LogP contribution in [0.3, 0.4) is 0 Å². The van der Waals surface area contributed by atoms with E-state index in [-0.39, 0.29) is 6.61 Å². The van der Waals surface area contributed by atoms with Gasteiger partial charge in [-0.2, -0.15) is 0 Å². The summed E-state index contributed by atoms with van der Waals surface area (Å²) < 4.78 is 52.1. The predicted molar refractivity (Wildman–Crippen MR) is 65.1 cm³/mol. The van der Waals surface area contributed by atoms with Crippen molar-refractivity contribution in [1.82, 2.24) is 0 Å². The van der Waals surface area contributed by atoms with Crippen molar-refractivity contribution in [3.8, 4) is 0 Å². The zero-order chi connectivity index (χ0) is 16.4. The summed E-state index contributed by atoms with van der Waals surface area (Å²) in [5.74, 6) is -1.12. The molecule has 3 unspecified atom stereocenters. The molecule has 20 heavy (non-hydrogen) atoms. The maximum Gasteiger partial charge on any atom is 0.697 e. The Kier molecular flexibility index (Phi) is 12.4. The smallest absolute Gasteiger partial charge is 0.324 e. The van der Waals surface area contributed by atoms with Crippen LogP contribution in [0.15, 0.2) is 0 Å². The Morgan fingerprint density at radius 1 is 1.00 bits per heavy atom. The molecule has 0 aromatic rings. The quantitative estimate of drug-likeness (QED) is 0.292. The molecule has 0 aliphatic carbocycles. The molecule has 5 N–H and O–H groups in total. The normalized spacial score (nSPS) is 15.7. The van der Waals surface area contributed by atoms with Gasteiger partial charge in [0.1, 0.15) is 0 Å². The van der Waals surface area contributed by atoms with Crippen LogP contribution in [0.4, 0.5) is 0 Å². The zero-order valence-electron chi connectivity index (χ0n) is 10.0. The van der Waals surface area contributed by atoms with Crippen molar-refractivity contribution in [1.29, 1.82) is 0 Å². The minimum Gasteiger partial charge on any atom is -0.324 e. The topological polar surface area (TPSA) is 197 Å². The van der Waals surface area contributed by atoms with Crippen LogP contribution in [-0.4, -0.2) is 43.8 Å². The highest BCUT2D eigenvalue weighted by molar-refractivity contribution is 7.70. The molecule has 0 amide bonds. The van der Waals surface area contributed by atoms with Gasteiger partial charge in [0.15, 0.2) is 5.90 Å². The molecule has 0 aromatic heterocycles. The Hall–Kier alpha value is 0.340. The van der Waals surface area contributed by atoms with Crippen molar-refractivity contribution in [2.45, 2.75) is 6.92 Å². The summed E-state index contributed by atoms with van der Waals surface area (Å²) in [5, 5.41) is 0. The van der Waals surface area contributed by atoms with E-state index in [2.05, 4.69) is 13.6 Å². The van der Waals surface area contributed by atoms with Gasteiger partial charge in [0, 0.05) is 9.13 Å². The lowest BCUT2D eigenvalue weighted by Gasteiger charge is -2.10. The van der Waals surface area contributed by atoms with Crippen molar-refractivity contribution in [3.05, 3.63) is 0 Å². The van der Waals surface area contributed by atoms with Gasteiger partial charge >= 0.3 is 31.7 Å². The summed E-state index contributed by atoms with van der Waals surface area (Å²) in [7, 11) is -14.0. The zero-order valence-corrected chi connectivity index (χ0v) is 13.6. The highest BCUT2D eigenvalue weighted by Crippen LogP contribution is 2.55. The Morgan fingerprint density at radius 3 is 1.65 bits per heavy atom. The van der Waals surface area contributed by atoms with Gasteiger partial charge in [0.25, 0.3) is 6.79 Å². The maximum absolute atomic E-state index is 10.7. The molecule has 0 rings (SSSR count). The molecule has 0 heterocycles. The van der Waals surface area contributed by atoms with E-state index in [1.807, 2.05) is 0 Å². The fourth-order valence-electron chi connectivity index (χ4n) is 0.589. The van der Waals surface area contributed by atoms with Crippen LogP contribution < -0.4 is 0 Å². The molecule has 0 aliphatic heterocycles. The second kappa shape index (κ2) is 11.0. The third-order valence-corrected chi connectivity index (χ3v) is 5.24. The van der Waals surface area contributed by atoms with Crippen LogP contribution in [0.25, 0.3) is 0 Å². The van der Waals surface area contributed by atoms with E-state index in [0.717, 1.165) is 0 Å². The van der Waals surface area contributed by atoms with E-state index in [1.165, 1.54) is 6.92 Å². The second-order valence-corrected chi connectivity index (χ2v) is 8.17. The molecule has 16 heteroatoms. The monoisotopic (exact) mass is 378 g/mol. The summed E-state index contributed by atoms with van der Waals surface area (Å²) in [4.78, 5) is 41.0. The molecule has 0 spiro atoms. The van der Waals surface area contributed by atoms with Gasteiger partial charge in [-0.3, -0.25) is 9.13 Å². The molecule has 0 saturated carbocycles. The Labute approximate surface area is 115 Å². The highest BCUT2D eigenvalue weighted by Gasteiger charge is 2.30. The number of rotatable bonds is 8. The van der Waals surface area contributed by atoms with Crippen molar-refractivity contribution < 1.29 is 56.3 Å². The van der Waals surface area contributed by atoms with E-state index in [1.54, 1.807) is 0 Å². The molecule has 0 aromatic carbocycles. The third-order valence-electron chi connectivity index (χ3n) is 1.02. The van der Waals surface area contributed by atoms with Gasteiger partial charge in [-0.1, -0.05) is 9.05 Å². The molecule has 3 atom stereocenters. The molecule has 0 fully saturated rings. The SMILES string of the molecule is CCOP(=O)(O)CP(=O)(O)O.O=[P+](O)OCO[P+](=O)O. The van der Waals surface area contributed by atoms with Gasteiger partial charge in [-0.15, -0.1) is 9.79 Å². The predicted octanol–water partition coefficient (Wildman–Crippen LogP) is 0.620. The lowest BCUT2D eigenvalue weighted by molar-refractivity contribution is 0.110. The third kappa shape index (κ3) is 20.7. The fraction of sp³-hybridized carbons (Fsp3) is 1.00. The fourth-order valence-corrected chi connectivity index (χ4v) is 3.55. The molecule has 12 nitrogen and oxygen atoms in total. The average Bonchev–Trinajstić information content (AvgIpc) is 2.12. The van der Waals surface area contributed by atoms with Crippen LogP contribution >= 0.6 is 31.7 Å². The minimum atomic E-state index is -4.46. The maximum atomic E-state index is 10.7. The lowest BCUT2D eigenvalue weighted by Crippen LogP contribution is -1.94. The number of hydrogen-bond donors (Lipinski definition) is 5. The lowest BCUT2D eigenvalue weighted by atomic mass is 10.9. The van der Waals surface area contributed by atoms with E-state index in [0.29, 0.717) is 0 Å². The van der Waals surface area contributed by atoms with E-state index in [4.69, 9.17) is 24.5 Å². The summed E-state index contributed by atoms with van der Waals surface area (Å²) in [6.45, 7) is 0.758. The summed E-state index contributed by atoms with van der Waals surface area (Å²) in [6.07, 6.45) is 0. The minimum absolute atomic E-state index is 0.0478. The van der Waals surface area contributed by atoms with Gasteiger partial charge in [0.2, 0.25) is 0 Å². The molecular formula is C4H14O12P4+2. The second-order valence-electron chi connectivity index (χ2n) is 2.71. The number of hydrogen-bond acceptors (Lipinski definition) is 7. The standard InChI is InChI=1S/C3H10O6P2.CH2O6P2/c1-2-9-11(7,8)3-10(4,5)6;2-8(3)6-1-7-9(4)5/h2-3H2,1H3,(H,7,8)(H2,4,5,6);1H2/p+2. The summed E-state index contributed by atoms with van der Waals surface area (Å²) >= 11 is 0. The van der Waals surface area contributed by atoms with E-state index >= 15 is 0 Å². The van der Waals surface area contributed by atoms with Gasteiger partial charge in [-0.05, 0) is 6.92 Å². The van der Waals surface area contributed by atoms with Crippen molar-refractivity contribution in [3.63, 3.8) is 0 Å². The van der Waals surface area contributed by atoms with Crippen molar-refractivity contribution in [2.75, 3.05) is 19.3 Å². The van der Waals surface area contributed by atoms with E-state index in [9.17, 15) is 18.3 Å². The van der Waals surface area contributed by atoms with Gasteiger partial charge < -0.3 is 19.2 Å². The Bertz CT molecular complexity index is 386. The van der Waals surface area contributed by atoms with Gasteiger partial charge in [-0.25, -0.2) is 0 Å². The first kappa shape index (κ1) is 22.6. The molecule has 0 radical (unpaired) electrons. The Balaban J connectivity index is 0. The average molecular weight is 378 g/mol. The Morgan fingerprint density at radius 2 is 1.40 bits per heavy atom. The van der Waals surface area contributed by atoms with Crippen LogP contribution in [0.5, 0.6) is 0 Å². The molecular weight excluding hydrogens is 364 g/mol. The summed E-state index contributed by atoms with van der Waals surface area (Å²) in [5.41, 5.74) is 0. The molecule has 120 valence electrons. The first-order valence-corrected chi connectivity index (χ1v) is 10.3. The van der Waals surface area contributed by atoms with E-state index < -0.39 is 44.4 Å². The highest BCUT2D eigenvalue weighted by atomic mass is 31.2. The molecule has 0 aliphatic rings. The summed E-state index contributed by atoms with van der Waals surface area (Å²) in [6, 6.07) is 0. The van der Waals surface area contributed by atoms with Crippen molar-refractivity contribution >= 4 is 31.7 Å². The van der Waals surface area contributed by atoms with Crippen LogP contribution in [0.1, 0.15) is 6.92 Å². The molecule has 0 saturated heterocycles. The van der Waals surface area contributed by atoms with Gasteiger partial charge in [0.05, 0.1) is 6.61 Å². The largest absolute Gasteiger partial charge is 0.697 e. The molecule has 0 bridgehead atoms. The van der Waals surface area contributed by atoms with Crippen LogP contribution in [-0.2, 0) is 31.8 Å². The first-order valence-electron chi connectivity index (χ1n) is 4.48. The van der Waals surface area contributed by atoms with Crippen molar-refractivity contribution in [2.24, 2.45) is 0 Å². The van der Waals surface area contributed by atoms with Crippen LogP contribution in [0, 0.1) is 0 Å². The first-order chi connectivity index (χ1) is 8.89.